The van der Waals surface area contributed by atoms with Crippen LogP contribution in [0.2, 0.25) is 0 Å². The Morgan fingerprint density at radius 3 is 2.83 bits per heavy atom. The molecule has 3 rings (SSSR count). The highest BCUT2D eigenvalue weighted by molar-refractivity contribution is 5.38. The molecule has 0 atom stereocenters. The summed E-state index contributed by atoms with van der Waals surface area (Å²) < 4.78 is 44.1. The van der Waals surface area contributed by atoms with Crippen LogP contribution in [0.5, 0.6) is 5.75 Å². The predicted molar refractivity (Wildman–Crippen MR) is 78.7 cm³/mol. The van der Waals surface area contributed by atoms with Crippen molar-refractivity contribution in [3.05, 3.63) is 54.4 Å². The number of hydrogen-bond donors (Lipinski definition) is 0. The van der Waals surface area contributed by atoms with Gasteiger partial charge in [0.25, 0.3) is 0 Å². The monoisotopic (exact) mass is 337 g/mol. The summed E-state index contributed by atoms with van der Waals surface area (Å²) in [5, 5.41) is 8.00. The molecule has 9 heteroatoms. The Labute approximate surface area is 135 Å². The van der Waals surface area contributed by atoms with Gasteiger partial charge in [-0.2, -0.15) is 0 Å². The number of aryl methyl sites for hydroxylation is 1. The summed E-state index contributed by atoms with van der Waals surface area (Å²) in [6.07, 6.45) is 1.27. The van der Waals surface area contributed by atoms with Crippen molar-refractivity contribution in [1.29, 1.82) is 0 Å². The topological polar surface area (TPSA) is 57.8 Å². The SMILES string of the molecule is CCc1nccn1Cc1cn(-c2cccc(OC(F)(F)F)c2)nn1. The van der Waals surface area contributed by atoms with E-state index in [0.29, 0.717) is 17.9 Å². The molecule has 0 spiro atoms. The van der Waals surface area contributed by atoms with Gasteiger partial charge in [0.2, 0.25) is 0 Å². The molecule has 0 aliphatic rings. The molecule has 2 aromatic heterocycles. The summed E-state index contributed by atoms with van der Waals surface area (Å²) >= 11 is 0. The number of rotatable bonds is 5. The lowest BCUT2D eigenvalue weighted by atomic mass is 10.3. The van der Waals surface area contributed by atoms with E-state index in [4.69, 9.17) is 0 Å². The molecule has 0 fully saturated rings. The van der Waals surface area contributed by atoms with Crippen LogP contribution in [0, 0.1) is 0 Å². The normalized spacial score (nSPS) is 11.7. The van der Waals surface area contributed by atoms with Crippen LogP contribution in [0.15, 0.2) is 42.9 Å². The van der Waals surface area contributed by atoms with E-state index in [9.17, 15) is 13.2 Å². The zero-order valence-corrected chi connectivity index (χ0v) is 12.7. The average Bonchev–Trinajstić information content (AvgIpc) is 3.15. The third-order valence-electron chi connectivity index (χ3n) is 3.31. The lowest BCUT2D eigenvalue weighted by Gasteiger charge is -2.09. The van der Waals surface area contributed by atoms with Gasteiger partial charge in [0.1, 0.15) is 17.3 Å². The molecule has 0 aliphatic carbocycles. The van der Waals surface area contributed by atoms with Crippen LogP contribution in [0.3, 0.4) is 0 Å². The third kappa shape index (κ3) is 3.73. The minimum atomic E-state index is -4.73. The summed E-state index contributed by atoms with van der Waals surface area (Å²) in [5.74, 6) is 0.616. The first-order chi connectivity index (χ1) is 11.4. The number of hydrogen-bond acceptors (Lipinski definition) is 4. The maximum atomic E-state index is 12.3. The zero-order valence-electron chi connectivity index (χ0n) is 12.7. The van der Waals surface area contributed by atoms with E-state index >= 15 is 0 Å². The second-order valence-electron chi connectivity index (χ2n) is 5.02. The number of imidazole rings is 1. The summed E-state index contributed by atoms with van der Waals surface area (Å²) in [5.41, 5.74) is 1.10. The number of alkyl halides is 3. The molecule has 0 radical (unpaired) electrons. The lowest BCUT2D eigenvalue weighted by molar-refractivity contribution is -0.274. The van der Waals surface area contributed by atoms with E-state index in [1.807, 2.05) is 17.7 Å². The quantitative estimate of drug-likeness (QED) is 0.718. The highest BCUT2D eigenvalue weighted by Gasteiger charge is 2.31. The maximum absolute atomic E-state index is 12.3. The van der Waals surface area contributed by atoms with Crippen molar-refractivity contribution in [3.63, 3.8) is 0 Å². The molecule has 0 saturated carbocycles. The number of ether oxygens (including phenoxy) is 1. The van der Waals surface area contributed by atoms with Gasteiger partial charge in [0.15, 0.2) is 0 Å². The molecule has 0 N–H and O–H groups in total. The largest absolute Gasteiger partial charge is 0.573 e. The first kappa shape index (κ1) is 16.0. The molecule has 0 bridgehead atoms. The van der Waals surface area contributed by atoms with Gasteiger partial charge in [-0.15, -0.1) is 18.3 Å². The van der Waals surface area contributed by atoms with Crippen molar-refractivity contribution >= 4 is 0 Å². The highest BCUT2D eigenvalue weighted by Crippen LogP contribution is 2.24. The van der Waals surface area contributed by atoms with E-state index in [1.54, 1.807) is 18.5 Å². The Morgan fingerprint density at radius 2 is 2.08 bits per heavy atom. The Hall–Kier alpha value is -2.84. The van der Waals surface area contributed by atoms with E-state index in [1.165, 1.54) is 22.9 Å². The highest BCUT2D eigenvalue weighted by atomic mass is 19.4. The van der Waals surface area contributed by atoms with Crippen molar-refractivity contribution in [2.24, 2.45) is 0 Å². The average molecular weight is 337 g/mol. The zero-order chi connectivity index (χ0) is 17.2. The number of halogens is 3. The van der Waals surface area contributed by atoms with Gasteiger partial charge >= 0.3 is 6.36 Å². The minimum absolute atomic E-state index is 0.306. The smallest absolute Gasteiger partial charge is 0.406 e. The van der Waals surface area contributed by atoms with Crippen LogP contribution in [-0.2, 0) is 13.0 Å². The van der Waals surface area contributed by atoms with Crippen molar-refractivity contribution in [2.75, 3.05) is 0 Å². The molecule has 0 amide bonds. The Bertz CT molecular complexity index is 824. The predicted octanol–water partition coefficient (Wildman–Crippen LogP) is 2.97. The maximum Gasteiger partial charge on any atom is 0.573 e. The van der Waals surface area contributed by atoms with Gasteiger partial charge < -0.3 is 9.30 Å². The van der Waals surface area contributed by atoms with Gasteiger partial charge in [-0.25, -0.2) is 9.67 Å². The molecule has 3 aromatic rings. The number of benzene rings is 1. The summed E-state index contributed by atoms with van der Waals surface area (Å²) in [6.45, 7) is 2.49. The van der Waals surface area contributed by atoms with Crippen molar-refractivity contribution < 1.29 is 17.9 Å². The molecule has 126 valence electrons. The van der Waals surface area contributed by atoms with Crippen LogP contribution >= 0.6 is 0 Å². The van der Waals surface area contributed by atoms with Gasteiger partial charge in [-0.1, -0.05) is 18.2 Å². The fraction of sp³-hybridized carbons (Fsp3) is 0.267. The second-order valence-corrected chi connectivity index (χ2v) is 5.02. The molecule has 0 aliphatic heterocycles. The molecular weight excluding hydrogens is 323 g/mol. The van der Waals surface area contributed by atoms with Gasteiger partial charge in [-0.3, -0.25) is 0 Å². The van der Waals surface area contributed by atoms with E-state index in [0.717, 1.165) is 12.2 Å². The van der Waals surface area contributed by atoms with Crippen molar-refractivity contribution in [2.45, 2.75) is 26.3 Å². The van der Waals surface area contributed by atoms with Crippen LogP contribution in [0.1, 0.15) is 18.4 Å². The standard InChI is InChI=1S/C15H14F3N5O/c1-2-14-19-6-7-22(14)9-11-10-23(21-20-11)12-4-3-5-13(8-12)24-15(16,17)18/h3-8,10H,2,9H2,1H3. The number of aromatic nitrogens is 5. The molecule has 2 heterocycles. The molecule has 6 nitrogen and oxygen atoms in total. The van der Waals surface area contributed by atoms with E-state index < -0.39 is 6.36 Å². The first-order valence-electron chi connectivity index (χ1n) is 7.22. The summed E-state index contributed by atoms with van der Waals surface area (Å²) in [7, 11) is 0. The first-order valence-corrected chi connectivity index (χ1v) is 7.22. The van der Waals surface area contributed by atoms with Crippen molar-refractivity contribution in [1.82, 2.24) is 24.5 Å². The fourth-order valence-corrected chi connectivity index (χ4v) is 2.29. The Kier molecular flexibility index (Phi) is 4.24. The summed E-state index contributed by atoms with van der Waals surface area (Å²) in [4.78, 5) is 4.23. The molecular formula is C15H14F3N5O. The van der Waals surface area contributed by atoms with E-state index in [-0.39, 0.29) is 5.75 Å². The fourth-order valence-electron chi connectivity index (χ4n) is 2.29. The van der Waals surface area contributed by atoms with Gasteiger partial charge in [-0.05, 0) is 12.1 Å². The van der Waals surface area contributed by atoms with Crippen LogP contribution in [-0.4, -0.2) is 30.9 Å². The number of nitrogens with zero attached hydrogens (tertiary/aromatic N) is 5. The van der Waals surface area contributed by atoms with Crippen molar-refractivity contribution in [3.8, 4) is 11.4 Å². The molecule has 0 saturated heterocycles. The molecule has 1 aromatic carbocycles. The van der Waals surface area contributed by atoms with Crippen LogP contribution in [0.25, 0.3) is 5.69 Å². The minimum Gasteiger partial charge on any atom is -0.406 e. The molecule has 0 unspecified atom stereocenters. The van der Waals surface area contributed by atoms with Crippen LogP contribution < -0.4 is 4.74 Å². The summed E-state index contributed by atoms with van der Waals surface area (Å²) in [6, 6.07) is 5.56. The lowest BCUT2D eigenvalue weighted by Crippen LogP contribution is -2.17. The van der Waals surface area contributed by atoms with Crippen LogP contribution in [0.4, 0.5) is 13.2 Å². The van der Waals surface area contributed by atoms with Gasteiger partial charge in [0.05, 0.1) is 18.4 Å². The molecule has 24 heavy (non-hydrogen) atoms. The Morgan fingerprint density at radius 1 is 1.25 bits per heavy atom. The van der Waals surface area contributed by atoms with Gasteiger partial charge in [0, 0.05) is 24.9 Å². The Balaban J connectivity index is 1.79. The van der Waals surface area contributed by atoms with E-state index in [2.05, 4.69) is 20.0 Å². The third-order valence-corrected chi connectivity index (χ3v) is 3.31. The second kappa shape index (κ2) is 6.34.